The third-order valence-electron chi connectivity index (χ3n) is 2.96. The molecular formula is C14H15BrN2O2S. The van der Waals surface area contributed by atoms with E-state index in [1.807, 2.05) is 25.1 Å². The van der Waals surface area contributed by atoms with E-state index in [-0.39, 0.29) is 4.90 Å². The predicted molar refractivity (Wildman–Crippen MR) is 85.3 cm³/mol. The molecule has 4 nitrogen and oxygen atoms in total. The van der Waals surface area contributed by atoms with E-state index in [0.717, 1.165) is 5.56 Å². The normalized spacial score (nSPS) is 11.3. The van der Waals surface area contributed by atoms with Gasteiger partial charge in [-0.1, -0.05) is 12.1 Å². The van der Waals surface area contributed by atoms with Crippen LogP contribution in [0.1, 0.15) is 5.56 Å². The third-order valence-corrected chi connectivity index (χ3v) is 5.74. The summed E-state index contributed by atoms with van der Waals surface area (Å²) in [6, 6.07) is 12.0. The fourth-order valence-electron chi connectivity index (χ4n) is 1.83. The number of halogens is 1. The number of nitrogen functional groups attached to an aromatic ring is 1. The minimum Gasteiger partial charge on any atom is -0.399 e. The topological polar surface area (TPSA) is 63.4 Å². The van der Waals surface area contributed by atoms with Crippen molar-refractivity contribution in [1.82, 2.24) is 0 Å². The van der Waals surface area contributed by atoms with Crippen molar-refractivity contribution in [1.29, 1.82) is 0 Å². The first-order valence-electron chi connectivity index (χ1n) is 5.93. The van der Waals surface area contributed by atoms with E-state index in [1.165, 1.54) is 17.4 Å². The predicted octanol–water partition coefficient (Wildman–Crippen LogP) is 3.16. The molecule has 0 saturated carbocycles. The highest BCUT2D eigenvalue weighted by atomic mass is 79.9. The zero-order chi connectivity index (χ0) is 14.9. The van der Waals surface area contributed by atoms with Crippen LogP contribution in [-0.2, 0) is 10.0 Å². The summed E-state index contributed by atoms with van der Waals surface area (Å²) in [5.41, 5.74) is 7.70. The van der Waals surface area contributed by atoms with E-state index < -0.39 is 10.0 Å². The number of hydrogen-bond acceptors (Lipinski definition) is 3. The molecule has 0 aliphatic rings. The number of nitrogens with zero attached hydrogens (tertiary/aromatic N) is 1. The Labute approximate surface area is 127 Å². The van der Waals surface area contributed by atoms with Gasteiger partial charge in [-0.05, 0) is 58.7 Å². The summed E-state index contributed by atoms with van der Waals surface area (Å²) in [5, 5.41) is 0. The molecule has 0 fully saturated rings. The van der Waals surface area contributed by atoms with Gasteiger partial charge >= 0.3 is 0 Å². The quantitative estimate of drug-likeness (QED) is 0.861. The van der Waals surface area contributed by atoms with Crippen LogP contribution in [0.5, 0.6) is 0 Å². The van der Waals surface area contributed by atoms with Crippen molar-refractivity contribution in [3.63, 3.8) is 0 Å². The zero-order valence-corrected chi connectivity index (χ0v) is 13.6. The molecule has 0 heterocycles. The van der Waals surface area contributed by atoms with Gasteiger partial charge in [0.05, 0.1) is 5.69 Å². The molecule has 0 spiro atoms. The highest BCUT2D eigenvalue weighted by molar-refractivity contribution is 9.10. The number of sulfonamides is 1. The van der Waals surface area contributed by atoms with Gasteiger partial charge in [-0.15, -0.1) is 0 Å². The Morgan fingerprint density at radius 3 is 2.50 bits per heavy atom. The van der Waals surface area contributed by atoms with Crippen molar-refractivity contribution in [2.24, 2.45) is 0 Å². The van der Waals surface area contributed by atoms with Crippen LogP contribution in [0, 0.1) is 6.92 Å². The summed E-state index contributed by atoms with van der Waals surface area (Å²) in [5.74, 6) is 0. The standard InChI is InChI=1S/C14H15BrN2O2S/c1-10-4-3-5-12(8-10)17(2)20(18,19)14-9-11(16)6-7-13(14)15/h3-9H,16H2,1-2H3. The number of aryl methyl sites for hydroxylation is 1. The molecule has 20 heavy (non-hydrogen) atoms. The van der Waals surface area contributed by atoms with Gasteiger partial charge in [-0.3, -0.25) is 4.31 Å². The van der Waals surface area contributed by atoms with Gasteiger partial charge < -0.3 is 5.73 Å². The van der Waals surface area contributed by atoms with Crippen molar-refractivity contribution >= 4 is 37.3 Å². The van der Waals surface area contributed by atoms with E-state index in [2.05, 4.69) is 15.9 Å². The molecule has 0 bridgehead atoms. The molecule has 0 aliphatic heterocycles. The molecule has 6 heteroatoms. The number of anilines is 2. The third kappa shape index (κ3) is 2.81. The Hall–Kier alpha value is -1.53. The Morgan fingerprint density at radius 2 is 1.85 bits per heavy atom. The molecule has 2 aromatic rings. The summed E-state index contributed by atoms with van der Waals surface area (Å²) in [6.45, 7) is 1.92. The summed E-state index contributed by atoms with van der Waals surface area (Å²) in [6.07, 6.45) is 0. The Morgan fingerprint density at radius 1 is 1.15 bits per heavy atom. The van der Waals surface area contributed by atoms with Crippen LogP contribution in [0.2, 0.25) is 0 Å². The van der Waals surface area contributed by atoms with Crippen LogP contribution in [-0.4, -0.2) is 15.5 Å². The van der Waals surface area contributed by atoms with Crippen LogP contribution < -0.4 is 10.0 Å². The maximum atomic E-state index is 12.7. The second-order valence-corrected chi connectivity index (χ2v) is 7.29. The zero-order valence-electron chi connectivity index (χ0n) is 11.2. The van der Waals surface area contributed by atoms with Crippen LogP contribution >= 0.6 is 15.9 Å². The van der Waals surface area contributed by atoms with Crippen molar-refractivity contribution < 1.29 is 8.42 Å². The summed E-state index contributed by atoms with van der Waals surface area (Å²) in [4.78, 5) is 0.154. The lowest BCUT2D eigenvalue weighted by molar-refractivity contribution is 0.594. The molecule has 0 amide bonds. The highest BCUT2D eigenvalue weighted by Crippen LogP contribution is 2.29. The van der Waals surface area contributed by atoms with Gasteiger partial charge in [0, 0.05) is 17.2 Å². The van der Waals surface area contributed by atoms with Gasteiger partial charge in [0.1, 0.15) is 4.90 Å². The molecule has 2 N–H and O–H groups in total. The van der Waals surface area contributed by atoms with E-state index >= 15 is 0 Å². The molecular weight excluding hydrogens is 340 g/mol. The second kappa shape index (κ2) is 5.46. The van der Waals surface area contributed by atoms with Gasteiger partial charge in [-0.25, -0.2) is 8.42 Å². The average molecular weight is 355 g/mol. The minimum absolute atomic E-state index is 0.154. The fraction of sp³-hybridized carbons (Fsp3) is 0.143. The molecule has 0 aliphatic carbocycles. The highest BCUT2D eigenvalue weighted by Gasteiger charge is 2.24. The van der Waals surface area contributed by atoms with Crippen molar-refractivity contribution in [3.05, 3.63) is 52.5 Å². The largest absolute Gasteiger partial charge is 0.399 e. The lowest BCUT2D eigenvalue weighted by Gasteiger charge is -2.20. The Bertz CT molecular complexity index is 745. The SMILES string of the molecule is Cc1cccc(N(C)S(=O)(=O)c2cc(N)ccc2Br)c1. The first-order valence-corrected chi connectivity index (χ1v) is 8.16. The minimum atomic E-state index is -3.66. The van der Waals surface area contributed by atoms with Crippen LogP contribution in [0.25, 0.3) is 0 Å². The number of hydrogen-bond donors (Lipinski definition) is 1. The van der Waals surface area contributed by atoms with Crippen molar-refractivity contribution in [3.8, 4) is 0 Å². The van der Waals surface area contributed by atoms with Gasteiger partial charge in [0.2, 0.25) is 0 Å². The van der Waals surface area contributed by atoms with Gasteiger partial charge in [0.25, 0.3) is 10.0 Å². The van der Waals surface area contributed by atoms with Crippen LogP contribution in [0.3, 0.4) is 0 Å². The lowest BCUT2D eigenvalue weighted by atomic mass is 10.2. The molecule has 106 valence electrons. The monoisotopic (exact) mass is 354 g/mol. The van der Waals surface area contributed by atoms with Gasteiger partial charge in [-0.2, -0.15) is 0 Å². The first kappa shape index (κ1) is 14.9. The van der Waals surface area contributed by atoms with E-state index in [9.17, 15) is 8.42 Å². The number of rotatable bonds is 3. The maximum Gasteiger partial charge on any atom is 0.265 e. The van der Waals surface area contributed by atoms with Gasteiger partial charge in [0.15, 0.2) is 0 Å². The first-order chi connectivity index (χ1) is 9.32. The molecule has 2 rings (SSSR count). The molecule has 0 saturated heterocycles. The van der Waals surface area contributed by atoms with Crippen LogP contribution in [0.4, 0.5) is 11.4 Å². The molecule has 2 aromatic carbocycles. The second-order valence-electron chi connectivity index (χ2n) is 4.50. The summed E-state index contributed by atoms with van der Waals surface area (Å²) >= 11 is 3.26. The summed E-state index contributed by atoms with van der Waals surface area (Å²) in [7, 11) is -2.13. The Balaban J connectivity index is 2.52. The van der Waals surface area contributed by atoms with E-state index in [0.29, 0.717) is 15.8 Å². The molecule has 0 aromatic heterocycles. The molecule has 0 atom stereocenters. The number of nitrogens with two attached hydrogens (primary N) is 1. The molecule has 0 radical (unpaired) electrons. The van der Waals surface area contributed by atoms with E-state index in [1.54, 1.807) is 18.2 Å². The van der Waals surface area contributed by atoms with Crippen molar-refractivity contribution in [2.45, 2.75) is 11.8 Å². The Kier molecular flexibility index (Phi) is 4.06. The molecule has 0 unspecified atom stereocenters. The number of benzene rings is 2. The fourth-order valence-corrected chi connectivity index (χ4v) is 3.97. The summed E-state index contributed by atoms with van der Waals surface area (Å²) < 4.78 is 27.1. The van der Waals surface area contributed by atoms with Crippen LogP contribution in [0.15, 0.2) is 51.8 Å². The lowest BCUT2D eigenvalue weighted by Crippen LogP contribution is -2.27. The average Bonchev–Trinajstić information content (AvgIpc) is 2.40. The maximum absolute atomic E-state index is 12.7. The van der Waals surface area contributed by atoms with Crippen molar-refractivity contribution in [2.75, 3.05) is 17.1 Å². The smallest absolute Gasteiger partial charge is 0.265 e. The van der Waals surface area contributed by atoms with E-state index in [4.69, 9.17) is 5.73 Å².